The van der Waals surface area contributed by atoms with Crippen LogP contribution >= 0.6 is 15.9 Å². The summed E-state index contributed by atoms with van der Waals surface area (Å²) in [7, 11) is 1.77. The lowest BCUT2D eigenvalue weighted by Gasteiger charge is -2.19. The van der Waals surface area contributed by atoms with E-state index < -0.39 is 0 Å². The lowest BCUT2D eigenvalue weighted by molar-refractivity contribution is 0.0786. The van der Waals surface area contributed by atoms with Gasteiger partial charge in [0.05, 0.1) is 5.56 Å². The second-order valence-corrected chi connectivity index (χ2v) is 5.19. The number of nitrogens with zero attached hydrogens (tertiary/aromatic N) is 1. The smallest absolute Gasteiger partial charge is 0.255 e. The van der Waals surface area contributed by atoms with Gasteiger partial charge in [0.15, 0.2) is 0 Å². The molecule has 0 radical (unpaired) electrons. The van der Waals surface area contributed by atoms with Crippen LogP contribution in [0.1, 0.15) is 15.9 Å². The molecule has 0 spiro atoms. The minimum absolute atomic E-state index is 0.0751. The molecule has 3 nitrogen and oxygen atoms in total. The molecule has 2 aromatic carbocycles. The van der Waals surface area contributed by atoms with Crippen LogP contribution in [0.5, 0.6) is 0 Å². The molecule has 0 bridgehead atoms. The van der Waals surface area contributed by atoms with E-state index in [-0.39, 0.29) is 5.91 Å². The lowest BCUT2D eigenvalue weighted by Crippen LogP contribution is -2.27. The van der Waals surface area contributed by atoms with Gasteiger partial charge in [-0.25, -0.2) is 0 Å². The molecule has 0 aliphatic heterocycles. The highest BCUT2D eigenvalue weighted by Crippen LogP contribution is 2.19. The molecule has 4 heteroatoms. The Labute approximate surface area is 121 Å². The largest absolute Gasteiger partial charge is 0.398 e. The van der Waals surface area contributed by atoms with Crippen molar-refractivity contribution >= 4 is 27.5 Å². The zero-order valence-electron chi connectivity index (χ0n) is 10.6. The third-order valence-electron chi connectivity index (χ3n) is 2.90. The van der Waals surface area contributed by atoms with Crippen LogP contribution in [0.25, 0.3) is 0 Å². The van der Waals surface area contributed by atoms with Crippen LogP contribution in [0, 0.1) is 0 Å². The summed E-state index contributed by atoms with van der Waals surface area (Å²) in [6, 6.07) is 15.0. The van der Waals surface area contributed by atoms with Crippen LogP contribution < -0.4 is 5.73 Å². The number of halogens is 1. The van der Waals surface area contributed by atoms with E-state index in [0.29, 0.717) is 17.8 Å². The Bertz CT molecular complexity index is 598. The van der Waals surface area contributed by atoms with Gasteiger partial charge < -0.3 is 10.6 Å². The Balaban J connectivity index is 2.17. The molecule has 2 aromatic rings. The monoisotopic (exact) mass is 318 g/mol. The van der Waals surface area contributed by atoms with Crippen molar-refractivity contribution in [3.63, 3.8) is 0 Å². The summed E-state index contributed by atoms with van der Waals surface area (Å²) in [5, 5.41) is 0. The first-order valence-corrected chi connectivity index (χ1v) is 6.72. The minimum atomic E-state index is -0.0751. The van der Waals surface area contributed by atoms with Crippen LogP contribution in [-0.4, -0.2) is 17.9 Å². The van der Waals surface area contributed by atoms with E-state index in [1.807, 2.05) is 36.4 Å². The molecule has 0 saturated carbocycles. The summed E-state index contributed by atoms with van der Waals surface area (Å²) >= 11 is 3.48. The van der Waals surface area contributed by atoms with Crippen molar-refractivity contribution in [2.75, 3.05) is 12.8 Å². The number of benzene rings is 2. The van der Waals surface area contributed by atoms with Gasteiger partial charge in [-0.05, 0) is 23.8 Å². The Hall–Kier alpha value is -1.81. The molecular weight excluding hydrogens is 304 g/mol. The molecule has 19 heavy (non-hydrogen) atoms. The first-order valence-electron chi connectivity index (χ1n) is 5.93. The van der Waals surface area contributed by atoms with Gasteiger partial charge >= 0.3 is 0 Å². The summed E-state index contributed by atoms with van der Waals surface area (Å²) in [4.78, 5) is 14.0. The number of hydrogen-bond acceptors (Lipinski definition) is 2. The molecule has 0 heterocycles. The molecule has 0 atom stereocenters. The van der Waals surface area contributed by atoms with Crippen LogP contribution in [0.3, 0.4) is 0 Å². The highest BCUT2D eigenvalue weighted by molar-refractivity contribution is 9.10. The molecule has 0 saturated heterocycles. The van der Waals surface area contributed by atoms with Crippen molar-refractivity contribution in [1.82, 2.24) is 4.90 Å². The maximum Gasteiger partial charge on any atom is 0.255 e. The van der Waals surface area contributed by atoms with Gasteiger partial charge in [0.25, 0.3) is 5.91 Å². The molecule has 0 aromatic heterocycles. The average molecular weight is 319 g/mol. The number of rotatable bonds is 3. The fourth-order valence-corrected chi connectivity index (χ4v) is 2.26. The highest BCUT2D eigenvalue weighted by atomic mass is 79.9. The SMILES string of the molecule is CN(Cc1ccccc1Br)C(=O)c1ccccc1N. The topological polar surface area (TPSA) is 46.3 Å². The number of carbonyl (C=O) groups is 1. The maximum atomic E-state index is 12.3. The van der Waals surface area contributed by atoms with Crippen molar-refractivity contribution in [3.8, 4) is 0 Å². The van der Waals surface area contributed by atoms with E-state index in [2.05, 4.69) is 15.9 Å². The number of nitrogen functional groups attached to an aromatic ring is 1. The normalized spacial score (nSPS) is 10.2. The molecule has 2 rings (SSSR count). The molecule has 1 amide bonds. The zero-order valence-corrected chi connectivity index (χ0v) is 12.2. The van der Waals surface area contributed by atoms with Gasteiger partial charge in [-0.3, -0.25) is 4.79 Å². The van der Waals surface area contributed by atoms with Crippen molar-refractivity contribution in [3.05, 3.63) is 64.1 Å². The Kier molecular flexibility index (Phi) is 4.22. The van der Waals surface area contributed by atoms with E-state index in [9.17, 15) is 4.79 Å². The van der Waals surface area contributed by atoms with E-state index in [1.54, 1.807) is 24.1 Å². The van der Waals surface area contributed by atoms with Gasteiger partial charge in [0.1, 0.15) is 0 Å². The standard InChI is InChI=1S/C15H15BrN2O/c1-18(10-11-6-2-4-8-13(11)16)15(19)12-7-3-5-9-14(12)17/h2-9H,10,17H2,1H3. The van der Waals surface area contributed by atoms with Crippen LogP contribution in [0.4, 0.5) is 5.69 Å². The second kappa shape index (κ2) is 5.89. The van der Waals surface area contributed by atoms with Gasteiger partial charge in [0, 0.05) is 23.8 Å². The fraction of sp³-hybridized carbons (Fsp3) is 0.133. The fourth-order valence-electron chi connectivity index (χ4n) is 1.85. The molecular formula is C15H15BrN2O. The van der Waals surface area contributed by atoms with Gasteiger partial charge in [-0.15, -0.1) is 0 Å². The Morgan fingerprint density at radius 2 is 1.79 bits per heavy atom. The van der Waals surface area contributed by atoms with Crippen LogP contribution in [0.15, 0.2) is 53.0 Å². The van der Waals surface area contributed by atoms with E-state index >= 15 is 0 Å². The number of nitrogens with two attached hydrogens (primary N) is 1. The number of hydrogen-bond donors (Lipinski definition) is 1. The minimum Gasteiger partial charge on any atom is -0.398 e. The number of carbonyl (C=O) groups excluding carboxylic acids is 1. The maximum absolute atomic E-state index is 12.3. The van der Waals surface area contributed by atoms with Crippen molar-refractivity contribution in [2.24, 2.45) is 0 Å². The summed E-state index contributed by atoms with van der Waals surface area (Å²) < 4.78 is 0.996. The molecule has 2 N–H and O–H groups in total. The van der Waals surface area contributed by atoms with Gasteiger partial charge in [-0.1, -0.05) is 46.3 Å². The Morgan fingerprint density at radius 1 is 1.16 bits per heavy atom. The van der Waals surface area contributed by atoms with Gasteiger partial charge in [0.2, 0.25) is 0 Å². The molecule has 98 valence electrons. The lowest BCUT2D eigenvalue weighted by atomic mass is 10.1. The summed E-state index contributed by atoms with van der Waals surface area (Å²) in [6.07, 6.45) is 0. The molecule has 0 unspecified atom stereocenters. The van der Waals surface area contributed by atoms with E-state index in [4.69, 9.17) is 5.73 Å². The quantitative estimate of drug-likeness (QED) is 0.882. The predicted octanol–water partition coefficient (Wildman–Crippen LogP) is 3.30. The summed E-state index contributed by atoms with van der Waals surface area (Å²) in [5.41, 5.74) is 7.93. The zero-order chi connectivity index (χ0) is 13.8. The first-order chi connectivity index (χ1) is 9.09. The van der Waals surface area contributed by atoms with Gasteiger partial charge in [-0.2, -0.15) is 0 Å². The molecule has 0 fully saturated rings. The number of anilines is 1. The number of para-hydroxylation sites is 1. The van der Waals surface area contributed by atoms with Crippen LogP contribution in [-0.2, 0) is 6.54 Å². The molecule has 0 aliphatic carbocycles. The third-order valence-corrected chi connectivity index (χ3v) is 3.68. The highest BCUT2D eigenvalue weighted by Gasteiger charge is 2.15. The van der Waals surface area contributed by atoms with Crippen LogP contribution in [0.2, 0.25) is 0 Å². The average Bonchev–Trinajstić information content (AvgIpc) is 2.41. The number of amides is 1. The Morgan fingerprint density at radius 3 is 2.47 bits per heavy atom. The van der Waals surface area contributed by atoms with Crippen molar-refractivity contribution in [2.45, 2.75) is 6.54 Å². The first kappa shape index (κ1) is 13.6. The summed E-state index contributed by atoms with van der Waals surface area (Å²) in [6.45, 7) is 0.536. The van der Waals surface area contributed by atoms with E-state index in [0.717, 1.165) is 10.0 Å². The third kappa shape index (κ3) is 3.15. The summed E-state index contributed by atoms with van der Waals surface area (Å²) in [5.74, 6) is -0.0751. The second-order valence-electron chi connectivity index (χ2n) is 4.34. The predicted molar refractivity (Wildman–Crippen MR) is 80.8 cm³/mol. The molecule has 0 aliphatic rings. The van der Waals surface area contributed by atoms with Crippen molar-refractivity contribution < 1.29 is 4.79 Å². The van der Waals surface area contributed by atoms with Crippen molar-refractivity contribution in [1.29, 1.82) is 0 Å². The van der Waals surface area contributed by atoms with E-state index in [1.165, 1.54) is 0 Å².